The standard InChI is InChI=1S/C23H23N5O3/c1-27(2)22(29)18-9-6-10-19(13-18)25-23-24-12-11-20(26-23)28(21-15-30-16-31-21)14-17-7-4-3-5-8-17/h3-13,15H,14,16H2,1-2H3,(H,24,25,26). The van der Waals surface area contributed by atoms with E-state index in [0.29, 0.717) is 29.8 Å². The van der Waals surface area contributed by atoms with Crippen LogP contribution in [0.4, 0.5) is 17.5 Å². The minimum atomic E-state index is -0.0716. The third-order valence-corrected chi connectivity index (χ3v) is 4.60. The van der Waals surface area contributed by atoms with E-state index in [0.717, 1.165) is 11.3 Å². The molecular formula is C23H23N5O3. The van der Waals surface area contributed by atoms with E-state index in [1.54, 1.807) is 38.7 Å². The largest absolute Gasteiger partial charge is 0.459 e. The Labute approximate surface area is 180 Å². The van der Waals surface area contributed by atoms with Crippen LogP contribution in [0.5, 0.6) is 0 Å². The second-order valence-electron chi connectivity index (χ2n) is 7.10. The first-order valence-electron chi connectivity index (χ1n) is 9.78. The van der Waals surface area contributed by atoms with Crippen LogP contribution in [-0.4, -0.2) is 41.7 Å². The van der Waals surface area contributed by atoms with Crippen LogP contribution in [-0.2, 0) is 16.0 Å². The van der Waals surface area contributed by atoms with Gasteiger partial charge in [-0.3, -0.25) is 9.69 Å². The van der Waals surface area contributed by atoms with Gasteiger partial charge in [0.1, 0.15) is 12.1 Å². The molecule has 0 aliphatic carbocycles. The van der Waals surface area contributed by atoms with Gasteiger partial charge in [-0.25, -0.2) is 4.98 Å². The van der Waals surface area contributed by atoms with Crippen LogP contribution >= 0.6 is 0 Å². The molecule has 0 bridgehead atoms. The Morgan fingerprint density at radius 2 is 1.94 bits per heavy atom. The van der Waals surface area contributed by atoms with Crippen molar-refractivity contribution in [2.75, 3.05) is 31.1 Å². The monoisotopic (exact) mass is 417 g/mol. The Bertz CT molecular complexity index is 1090. The zero-order valence-electron chi connectivity index (χ0n) is 17.4. The Morgan fingerprint density at radius 1 is 1.10 bits per heavy atom. The molecule has 8 heteroatoms. The molecular weight excluding hydrogens is 394 g/mol. The quantitative estimate of drug-likeness (QED) is 0.627. The maximum atomic E-state index is 12.2. The molecule has 1 amide bonds. The smallest absolute Gasteiger partial charge is 0.253 e. The summed E-state index contributed by atoms with van der Waals surface area (Å²) in [5.74, 6) is 1.56. The van der Waals surface area contributed by atoms with Crippen molar-refractivity contribution < 1.29 is 14.3 Å². The minimum Gasteiger partial charge on any atom is -0.459 e. The molecule has 1 N–H and O–H groups in total. The van der Waals surface area contributed by atoms with Crippen molar-refractivity contribution in [3.8, 4) is 0 Å². The van der Waals surface area contributed by atoms with Gasteiger partial charge in [0.2, 0.25) is 18.6 Å². The summed E-state index contributed by atoms with van der Waals surface area (Å²) in [6.45, 7) is 0.725. The Morgan fingerprint density at radius 3 is 2.68 bits per heavy atom. The number of rotatable bonds is 7. The van der Waals surface area contributed by atoms with Crippen molar-refractivity contribution in [3.05, 3.63) is 90.1 Å². The fraction of sp³-hybridized carbons (Fsp3) is 0.174. The molecule has 3 aromatic rings. The van der Waals surface area contributed by atoms with Crippen molar-refractivity contribution >= 4 is 23.4 Å². The highest BCUT2D eigenvalue weighted by molar-refractivity contribution is 5.94. The molecule has 0 unspecified atom stereocenters. The Kier molecular flexibility index (Phi) is 5.98. The molecule has 1 aliphatic rings. The summed E-state index contributed by atoms with van der Waals surface area (Å²) in [5.41, 5.74) is 2.40. The summed E-state index contributed by atoms with van der Waals surface area (Å²) in [5, 5.41) is 3.18. The number of nitrogens with one attached hydrogen (secondary N) is 1. The predicted octanol–water partition coefficient (Wildman–Crippen LogP) is 3.73. The van der Waals surface area contributed by atoms with Gasteiger partial charge in [0, 0.05) is 31.5 Å². The fourth-order valence-electron chi connectivity index (χ4n) is 3.09. The highest BCUT2D eigenvalue weighted by Crippen LogP contribution is 2.25. The van der Waals surface area contributed by atoms with Crippen molar-refractivity contribution in [2.24, 2.45) is 0 Å². The summed E-state index contributed by atoms with van der Waals surface area (Å²) in [6.07, 6.45) is 3.25. The molecule has 0 fully saturated rings. The molecule has 1 aromatic heterocycles. The number of benzene rings is 2. The second kappa shape index (κ2) is 9.17. The van der Waals surface area contributed by atoms with E-state index in [-0.39, 0.29) is 12.7 Å². The molecule has 0 atom stereocenters. The summed E-state index contributed by atoms with van der Waals surface area (Å²) in [6, 6.07) is 19.1. The van der Waals surface area contributed by atoms with E-state index in [2.05, 4.69) is 15.3 Å². The maximum Gasteiger partial charge on any atom is 0.253 e. The molecule has 31 heavy (non-hydrogen) atoms. The van der Waals surface area contributed by atoms with Crippen molar-refractivity contribution in [3.63, 3.8) is 0 Å². The summed E-state index contributed by atoms with van der Waals surface area (Å²) < 4.78 is 10.9. The molecule has 0 saturated heterocycles. The van der Waals surface area contributed by atoms with Crippen LogP contribution in [0.2, 0.25) is 0 Å². The van der Waals surface area contributed by atoms with Crippen LogP contribution in [0, 0.1) is 0 Å². The van der Waals surface area contributed by atoms with Crippen LogP contribution in [0.25, 0.3) is 0 Å². The number of carbonyl (C=O) groups excluding carboxylic acids is 1. The molecule has 1 aliphatic heterocycles. The third kappa shape index (κ3) is 4.92. The molecule has 2 aromatic carbocycles. The molecule has 2 heterocycles. The Hall–Kier alpha value is -4.07. The van der Waals surface area contributed by atoms with Gasteiger partial charge >= 0.3 is 0 Å². The lowest BCUT2D eigenvalue weighted by Crippen LogP contribution is -2.23. The number of carbonyl (C=O) groups is 1. The van der Waals surface area contributed by atoms with Gasteiger partial charge in [-0.1, -0.05) is 36.4 Å². The zero-order valence-corrected chi connectivity index (χ0v) is 17.4. The molecule has 0 saturated carbocycles. The van der Waals surface area contributed by atoms with Gasteiger partial charge in [0.25, 0.3) is 5.91 Å². The number of aromatic nitrogens is 2. The lowest BCUT2D eigenvalue weighted by Gasteiger charge is -2.23. The summed E-state index contributed by atoms with van der Waals surface area (Å²) in [4.78, 5) is 24.7. The lowest BCUT2D eigenvalue weighted by atomic mass is 10.2. The third-order valence-electron chi connectivity index (χ3n) is 4.60. The average molecular weight is 417 g/mol. The summed E-state index contributed by atoms with van der Waals surface area (Å²) in [7, 11) is 3.44. The van der Waals surface area contributed by atoms with Crippen molar-refractivity contribution in [2.45, 2.75) is 6.54 Å². The van der Waals surface area contributed by atoms with Crippen molar-refractivity contribution in [1.29, 1.82) is 0 Å². The maximum absolute atomic E-state index is 12.2. The van der Waals surface area contributed by atoms with Crippen molar-refractivity contribution in [1.82, 2.24) is 14.9 Å². The van der Waals surface area contributed by atoms with Gasteiger partial charge in [-0.15, -0.1) is 0 Å². The van der Waals surface area contributed by atoms with Crippen LogP contribution in [0.1, 0.15) is 15.9 Å². The number of anilines is 3. The number of nitrogens with zero attached hydrogens (tertiary/aromatic N) is 4. The van der Waals surface area contributed by atoms with Gasteiger partial charge in [-0.05, 0) is 29.8 Å². The highest BCUT2D eigenvalue weighted by atomic mass is 16.7. The zero-order chi connectivity index (χ0) is 21.6. The number of amides is 1. The molecule has 4 rings (SSSR count). The van der Waals surface area contributed by atoms with E-state index in [4.69, 9.17) is 9.47 Å². The Balaban J connectivity index is 1.59. The SMILES string of the molecule is CN(C)C(=O)c1cccc(Nc2nccc(N(Cc3ccccc3)C3=COCO3)n2)c1. The predicted molar refractivity (Wildman–Crippen MR) is 118 cm³/mol. The first kappa shape index (κ1) is 20.2. The lowest BCUT2D eigenvalue weighted by molar-refractivity contribution is 0.0781. The highest BCUT2D eigenvalue weighted by Gasteiger charge is 2.20. The molecule has 8 nitrogen and oxygen atoms in total. The topological polar surface area (TPSA) is 79.8 Å². The number of ether oxygens (including phenoxy) is 2. The number of hydrogen-bond acceptors (Lipinski definition) is 7. The van der Waals surface area contributed by atoms with Gasteiger partial charge in [0.15, 0.2) is 0 Å². The van der Waals surface area contributed by atoms with Crippen LogP contribution < -0.4 is 10.2 Å². The fourth-order valence-corrected chi connectivity index (χ4v) is 3.09. The first-order valence-corrected chi connectivity index (χ1v) is 9.78. The molecule has 0 radical (unpaired) electrons. The van der Waals surface area contributed by atoms with E-state index >= 15 is 0 Å². The minimum absolute atomic E-state index is 0.0716. The summed E-state index contributed by atoms with van der Waals surface area (Å²) >= 11 is 0. The normalized spacial score (nSPS) is 12.4. The second-order valence-corrected chi connectivity index (χ2v) is 7.10. The molecule has 158 valence electrons. The van der Waals surface area contributed by atoms with Gasteiger partial charge in [-0.2, -0.15) is 4.98 Å². The van der Waals surface area contributed by atoms with Crippen LogP contribution in [0.3, 0.4) is 0 Å². The van der Waals surface area contributed by atoms with Gasteiger partial charge in [0.05, 0.1) is 6.54 Å². The first-order chi connectivity index (χ1) is 15.1. The average Bonchev–Trinajstić information content (AvgIpc) is 3.32. The van der Waals surface area contributed by atoms with E-state index < -0.39 is 0 Å². The van der Waals surface area contributed by atoms with Crippen LogP contribution in [0.15, 0.2) is 79.0 Å². The van der Waals surface area contributed by atoms with E-state index in [1.807, 2.05) is 53.4 Å². The number of hydrogen-bond donors (Lipinski definition) is 1. The molecule has 0 spiro atoms. The van der Waals surface area contributed by atoms with E-state index in [9.17, 15) is 4.79 Å². The van der Waals surface area contributed by atoms with Gasteiger partial charge < -0.3 is 19.7 Å². The van der Waals surface area contributed by atoms with E-state index in [1.165, 1.54) is 4.90 Å².